The van der Waals surface area contributed by atoms with Gasteiger partial charge in [0.2, 0.25) is 0 Å². The summed E-state index contributed by atoms with van der Waals surface area (Å²) in [5, 5.41) is 9.96. The van der Waals surface area contributed by atoms with Crippen molar-refractivity contribution in [2.45, 2.75) is 111 Å². The van der Waals surface area contributed by atoms with E-state index in [1.165, 1.54) is 51.4 Å². The van der Waals surface area contributed by atoms with E-state index in [9.17, 15) is 9.90 Å². The number of amides is 1. The molecule has 4 aliphatic rings. The van der Waals surface area contributed by atoms with Crippen molar-refractivity contribution in [1.29, 1.82) is 0 Å². The fourth-order valence-corrected chi connectivity index (χ4v) is 9.67. The Morgan fingerprint density at radius 2 is 1.76 bits per heavy atom. The molecule has 0 aromatic heterocycles. The van der Waals surface area contributed by atoms with Crippen LogP contribution in [0, 0.1) is 46.3 Å². The molecule has 0 bridgehead atoms. The highest BCUT2D eigenvalue weighted by atomic mass is 35.5. The van der Waals surface area contributed by atoms with Crippen molar-refractivity contribution in [2.24, 2.45) is 46.3 Å². The largest absolute Gasteiger partial charge is 0.465 e. The normalized spacial score (nSPS) is 37.8. The Bertz CT molecular complexity index is 813. The molecule has 37 heavy (non-hydrogen) atoms. The van der Waals surface area contributed by atoms with Gasteiger partial charge in [-0.2, -0.15) is 0 Å². The molecule has 0 aliphatic heterocycles. The summed E-state index contributed by atoms with van der Waals surface area (Å²) in [6, 6.07) is 0.148. The average molecular weight is 537 g/mol. The van der Waals surface area contributed by atoms with E-state index in [4.69, 9.17) is 0 Å². The van der Waals surface area contributed by atoms with E-state index in [2.05, 4.69) is 45.6 Å². The van der Waals surface area contributed by atoms with Gasteiger partial charge >= 0.3 is 6.09 Å². The van der Waals surface area contributed by atoms with Gasteiger partial charge in [0.25, 0.3) is 0 Å². The number of nitrogens with zero attached hydrogens (tertiary/aromatic N) is 2. The van der Waals surface area contributed by atoms with Crippen LogP contribution in [-0.4, -0.2) is 54.2 Å². The zero-order valence-electron chi connectivity index (χ0n) is 25.0. The van der Waals surface area contributed by atoms with Gasteiger partial charge in [0, 0.05) is 19.1 Å². The predicted octanol–water partition coefficient (Wildman–Crippen LogP) is 8.36. The standard InChI is InChI=1S/C32H56N2O2.ClH/c1-22(2)9-8-10-23(3)27-13-14-28-26-12-11-24-21-25(34(30(35)36)20-19-33(6)7)15-17-31(24,4)29(26)16-18-32(27,28)5;/h11,22-23,25-29H,8-10,12-21H2,1-7H3,(H,35,36);1H/t23-,25+,26?,27-,28?,29?,31+,32-;/m1./s1. The van der Waals surface area contributed by atoms with Crippen LogP contribution < -0.4 is 0 Å². The second kappa shape index (κ2) is 12.2. The quantitative estimate of drug-likeness (QED) is 0.301. The molecule has 3 fully saturated rings. The maximum absolute atomic E-state index is 12.1. The van der Waals surface area contributed by atoms with E-state index in [1.54, 1.807) is 10.5 Å². The number of fused-ring (bicyclic) bond motifs is 5. The van der Waals surface area contributed by atoms with Gasteiger partial charge in [-0.05, 0) is 112 Å². The zero-order valence-corrected chi connectivity index (χ0v) is 25.8. The molecular formula is C32H57ClN2O2. The van der Waals surface area contributed by atoms with Crippen molar-refractivity contribution in [3.05, 3.63) is 11.6 Å². The third-order valence-electron chi connectivity index (χ3n) is 11.8. The minimum atomic E-state index is -0.743. The fraction of sp³-hybridized carbons (Fsp3) is 0.906. The van der Waals surface area contributed by atoms with Gasteiger partial charge in [-0.3, -0.25) is 0 Å². The lowest BCUT2D eigenvalue weighted by Gasteiger charge is -2.59. The maximum Gasteiger partial charge on any atom is 0.407 e. The molecule has 4 nitrogen and oxygen atoms in total. The van der Waals surface area contributed by atoms with Crippen LogP contribution in [0.3, 0.4) is 0 Å². The molecule has 4 rings (SSSR count). The smallest absolute Gasteiger partial charge is 0.407 e. The molecule has 214 valence electrons. The number of rotatable bonds is 9. The predicted molar refractivity (Wildman–Crippen MR) is 157 cm³/mol. The van der Waals surface area contributed by atoms with Crippen molar-refractivity contribution in [3.63, 3.8) is 0 Å². The number of halogens is 1. The maximum atomic E-state index is 12.1. The van der Waals surface area contributed by atoms with Crippen molar-refractivity contribution in [2.75, 3.05) is 27.2 Å². The van der Waals surface area contributed by atoms with E-state index >= 15 is 0 Å². The minimum absolute atomic E-state index is 0. The molecule has 0 spiro atoms. The number of allylic oxidation sites excluding steroid dienone is 1. The summed E-state index contributed by atoms with van der Waals surface area (Å²) >= 11 is 0. The van der Waals surface area contributed by atoms with Crippen molar-refractivity contribution in [1.82, 2.24) is 9.80 Å². The van der Waals surface area contributed by atoms with E-state index < -0.39 is 6.09 Å². The summed E-state index contributed by atoms with van der Waals surface area (Å²) in [6.07, 6.45) is 16.1. The first-order valence-corrected chi connectivity index (χ1v) is 15.3. The first-order chi connectivity index (χ1) is 17.0. The summed E-state index contributed by atoms with van der Waals surface area (Å²) < 4.78 is 0. The lowest BCUT2D eigenvalue weighted by atomic mass is 9.46. The van der Waals surface area contributed by atoms with Gasteiger partial charge in [0.15, 0.2) is 0 Å². The fourth-order valence-electron chi connectivity index (χ4n) is 9.67. The highest BCUT2D eigenvalue weighted by molar-refractivity contribution is 5.85. The molecular weight excluding hydrogens is 480 g/mol. The SMILES string of the molecule is CC(C)CCC[C@@H](C)[C@H]1CCC2C3CC=C4C[C@@H](N(CCN(C)C)C(=O)O)CC[C@]4(C)C3CC[C@@]21C.Cl. The van der Waals surface area contributed by atoms with E-state index in [-0.39, 0.29) is 23.9 Å². The Hall–Kier alpha value is -0.740. The zero-order chi connectivity index (χ0) is 26.3. The summed E-state index contributed by atoms with van der Waals surface area (Å²) in [4.78, 5) is 15.9. The third-order valence-corrected chi connectivity index (χ3v) is 11.8. The van der Waals surface area contributed by atoms with Crippen molar-refractivity contribution >= 4 is 18.5 Å². The summed E-state index contributed by atoms with van der Waals surface area (Å²) in [7, 11) is 4.05. The Kier molecular flexibility index (Phi) is 10.1. The number of hydrogen-bond acceptors (Lipinski definition) is 2. The minimum Gasteiger partial charge on any atom is -0.465 e. The molecule has 8 atom stereocenters. The van der Waals surface area contributed by atoms with Gasteiger partial charge in [-0.25, -0.2) is 4.79 Å². The van der Waals surface area contributed by atoms with Gasteiger partial charge in [-0.15, -0.1) is 12.4 Å². The van der Waals surface area contributed by atoms with E-state index in [0.29, 0.717) is 12.0 Å². The Morgan fingerprint density at radius 3 is 2.41 bits per heavy atom. The first kappa shape index (κ1) is 30.8. The molecule has 0 heterocycles. The topological polar surface area (TPSA) is 43.8 Å². The Labute approximate surface area is 234 Å². The number of hydrogen-bond donors (Lipinski definition) is 1. The van der Waals surface area contributed by atoms with Crippen LogP contribution >= 0.6 is 12.4 Å². The second-order valence-corrected chi connectivity index (χ2v) is 14.5. The van der Waals surface area contributed by atoms with Crippen molar-refractivity contribution in [3.8, 4) is 0 Å². The molecule has 3 unspecified atom stereocenters. The molecule has 1 N–H and O–H groups in total. The van der Waals surface area contributed by atoms with Crippen LogP contribution in [0.25, 0.3) is 0 Å². The Morgan fingerprint density at radius 1 is 1.03 bits per heavy atom. The van der Waals surface area contributed by atoms with Crippen LogP contribution in [0.4, 0.5) is 4.79 Å². The number of likely N-dealkylation sites (N-methyl/N-ethyl adjacent to an activating group) is 1. The average Bonchev–Trinajstić information content (AvgIpc) is 3.15. The molecule has 3 saturated carbocycles. The van der Waals surface area contributed by atoms with Gasteiger partial charge < -0.3 is 14.9 Å². The molecule has 5 heteroatoms. The Balaban J connectivity index is 0.00000380. The molecule has 0 radical (unpaired) electrons. The first-order valence-electron chi connectivity index (χ1n) is 15.3. The van der Waals surface area contributed by atoms with Crippen molar-refractivity contribution < 1.29 is 9.90 Å². The number of carboxylic acid groups (broad SMARTS) is 1. The lowest BCUT2D eigenvalue weighted by Crippen LogP contribution is -2.53. The van der Waals surface area contributed by atoms with Crippen LogP contribution in [0.15, 0.2) is 11.6 Å². The monoisotopic (exact) mass is 536 g/mol. The number of carbonyl (C=O) groups is 1. The molecule has 0 aromatic rings. The van der Waals surface area contributed by atoms with Gasteiger partial charge in [-0.1, -0.05) is 65.5 Å². The highest BCUT2D eigenvalue weighted by Crippen LogP contribution is 2.67. The summed E-state index contributed by atoms with van der Waals surface area (Å²) in [5.41, 5.74) is 2.41. The second-order valence-electron chi connectivity index (χ2n) is 14.5. The molecule has 0 aromatic carbocycles. The lowest BCUT2D eigenvalue weighted by molar-refractivity contribution is -0.0541. The molecule has 0 saturated heterocycles. The van der Waals surface area contributed by atoms with E-state index in [1.807, 2.05) is 14.1 Å². The van der Waals surface area contributed by atoms with E-state index in [0.717, 1.165) is 61.3 Å². The highest BCUT2D eigenvalue weighted by Gasteiger charge is 2.59. The van der Waals surface area contributed by atoms with Crippen LogP contribution in [0.2, 0.25) is 0 Å². The van der Waals surface area contributed by atoms with Gasteiger partial charge in [0.05, 0.1) is 0 Å². The third kappa shape index (κ3) is 6.06. The summed E-state index contributed by atoms with van der Waals surface area (Å²) in [6.45, 7) is 13.9. The molecule has 1 amide bonds. The van der Waals surface area contributed by atoms with Gasteiger partial charge in [0.1, 0.15) is 0 Å². The van der Waals surface area contributed by atoms with Crippen LogP contribution in [0.1, 0.15) is 105 Å². The molecule has 4 aliphatic carbocycles. The van der Waals surface area contributed by atoms with Crippen LogP contribution in [-0.2, 0) is 0 Å². The summed E-state index contributed by atoms with van der Waals surface area (Å²) in [5.74, 6) is 5.12. The van der Waals surface area contributed by atoms with Crippen LogP contribution in [0.5, 0.6) is 0 Å².